The maximum atomic E-state index is 13.2. The molecular formula is C21H25ClFN3O3. The summed E-state index contributed by atoms with van der Waals surface area (Å²) < 4.78 is 18.4. The average Bonchev–Trinajstić information content (AvgIpc) is 3.20. The fraction of sp³-hybridized carbons (Fsp3) is 0.476. The van der Waals surface area contributed by atoms with Crippen LogP contribution in [0.25, 0.3) is 0 Å². The van der Waals surface area contributed by atoms with Gasteiger partial charge in [-0.15, -0.1) is 0 Å². The lowest BCUT2D eigenvalue weighted by Crippen LogP contribution is -2.38. The lowest BCUT2D eigenvalue weighted by Gasteiger charge is -2.31. The van der Waals surface area contributed by atoms with Gasteiger partial charge in [0, 0.05) is 31.3 Å². The van der Waals surface area contributed by atoms with Gasteiger partial charge in [0.25, 0.3) is 5.91 Å². The van der Waals surface area contributed by atoms with Gasteiger partial charge >= 0.3 is 0 Å². The van der Waals surface area contributed by atoms with E-state index in [1.165, 1.54) is 18.2 Å². The number of aromatic nitrogens is 1. The molecule has 1 aromatic carbocycles. The van der Waals surface area contributed by atoms with Crippen LogP contribution in [0.5, 0.6) is 0 Å². The van der Waals surface area contributed by atoms with Crippen LogP contribution in [0.3, 0.4) is 0 Å². The van der Waals surface area contributed by atoms with Crippen LogP contribution < -0.4 is 5.32 Å². The number of nitrogens with one attached hydrogen (secondary N) is 1. The van der Waals surface area contributed by atoms with E-state index in [1.54, 1.807) is 11.0 Å². The van der Waals surface area contributed by atoms with E-state index in [0.717, 1.165) is 25.0 Å². The number of anilines is 1. The van der Waals surface area contributed by atoms with Crippen LogP contribution in [0.4, 0.5) is 10.1 Å². The van der Waals surface area contributed by atoms with Gasteiger partial charge in [0.1, 0.15) is 5.82 Å². The first-order chi connectivity index (χ1) is 13.8. The second-order valence-corrected chi connectivity index (χ2v) is 8.13. The third-order valence-electron chi connectivity index (χ3n) is 5.22. The van der Waals surface area contributed by atoms with Crippen molar-refractivity contribution >= 4 is 29.1 Å². The molecule has 2 amide bonds. The molecule has 8 heteroatoms. The van der Waals surface area contributed by atoms with Crippen molar-refractivity contribution in [2.75, 3.05) is 18.4 Å². The van der Waals surface area contributed by atoms with Crippen molar-refractivity contribution in [3.8, 4) is 0 Å². The van der Waals surface area contributed by atoms with Crippen molar-refractivity contribution in [1.82, 2.24) is 10.1 Å². The number of hydrogen-bond donors (Lipinski definition) is 1. The molecule has 0 bridgehead atoms. The third-order valence-corrected chi connectivity index (χ3v) is 5.51. The second kappa shape index (κ2) is 9.39. The van der Waals surface area contributed by atoms with Gasteiger partial charge in [-0.3, -0.25) is 9.59 Å². The SMILES string of the molecule is CC(C)c1cc(C(=O)N2CCC(CCC(=O)Nc3ccc(F)c(Cl)c3)CC2)on1. The summed E-state index contributed by atoms with van der Waals surface area (Å²) in [4.78, 5) is 26.5. The zero-order chi connectivity index (χ0) is 21.0. The van der Waals surface area contributed by atoms with Crippen molar-refractivity contribution in [3.63, 3.8) is 0 Å². The summed E-state index contributed by atoms with van der Waals surface area (Å²) in [6, 6.07) is 5.82. The second-order valence-electron chi connectivity index (χ2n) is 7.72. The van der Waals surface area contributed by atoms with E-state index in [9.17, 15) is 14.0 Å². The number of halogens is 2. The largest absolute Gasteiger partial charge is 0.351 e. The molecule has 2 heterocycles. The highest BCUT2D eigenvalue weighted by Gasteiger charge is 2.26. The summed E-state index contributed by atoms with van der Waals surface area (Å²) in [6.45, 7) is 5.27. The maximum absolute atomic E-state index is 13.2. The van der Waals surface area contributed by atoms with Crippen LogP contribution in [0.1, 0.15) is 61.7 Å². The predicted octanol–water partition coefficient (Wildman–Crippen LogP) is 4.86. The Morgan fingerprint density at radius 3 is 2.66 bits per heavy atom. The Balaban J connectivity index is 1.42. The molecule has 3 rings (SSSR count). The topological polar surface area (TPSA) is 75.4 Å². The monoisotopic (exact) mass is 421 g/mol. The molecule has 1 saturated heterocycles. The number of carbonyl (C=O) groups is 2. The van der Waals surface area contributed by atoms with Gasteiger partial charge < -0.3 is 14.7 Å². The minimum Gasteiger partial charge on any atom is -0.351 e. The summed E-state index contributed by atoms with van der Waals surface area (Å²) in [6.07, 6.45) is 2.79. The Hall–Kier alpha value is -2.41. The average molecular weight is 422 g/mol. The van der Waals surface area contributed by atoms with Crippen molar-refractivity contribution in [2.45, 2.75) is 45.4 Å². The van der Waals surface area contributed by atoms with Gasteiger partial charge in [0.15, 0.2) is 0 Å². The van der Waals surface area contributed by atoms with E-state index in [1.807, 2.05) is 13.8 Å². The molecule has 0 atom stereocenters. The van der Waals surface area contributed by atoms with Crippen LogP contribution in [-0.4, -0.2) is 35.0 Å². The molecule has 2 aromatic rings. The van der Waals surface area contributed by atoms with Crippen LogP contribution >= 0.6 is 11.6 Å². The van der Waals surface area contributed by atoms with Crippen LogP contribution in [0.2, 0.25) is 5.02 Å². The molecule has 1 aromatic heterocycles. The minimum absolute atomic E-state index is 0.0212. The van der Waals surface area contributed by atoms with Gasteiger partial charge in [-0.05, 0) is 49.3 Å². The van der Waals surface area contributed by atoms with Crippen molar-refractivity contribution in [1.29, 1.82) is 0 Å². The fourth-order valence-electron chi connectivity index (χ4n) is 3.37. The zero-order valence-electron chi connectivity index (χ0n) is 16.6. The van der Waals surface area contributed by atoms with Crippen LogP contribution in [0, 0.1) is 11.7 Å². The molecule has 0 unspecified atom stereocenters. The smallest absolute Gasteiger partial charge is 0.292 e. The number of carbonyl (C=O) groups excluding carboxylic acids is 2. The van der Waals surface area contributed by atoms with Gasteiger partial charge in [-0.1, -0.05) is 30.6 Å². The molecule has 0 saturated carbocycles. The Morgan fingerprint density at radius 2 is 2.03 bits per heavy atom. The maximum Gasteiger partial charge on any atom is 0.292 e. The van der Waals surface area contributed by atoms with Crippen molar-refractivity contribution in [2.24, 2.45) is 5.92 Å². The highest BCUT2D eigenvalue weighted by atomic mass is 35.5. The van der Waals surface area contributed by atoms with E-state index in [-0.39, 0.29) is 28.5 Å². The summed E-state index contributed by atoms with van der Waals surface area (Å²) in [5.41, 5.74) is 1.26. The molecule has 0 aliphatic carbocycles. The number of amides is 2. The van der Waals surface area contributed by atoms with Gasteiger partial charge in [-0.2, -0.15) is 0 Å². The number of rotatable bonds is 6. The lowest BCUT2D eigenvalue weighted by molar-refractivity contribution is -0.116. The van der Waals surface area contributed by atoms with Gasteiger partial charge in [0.05, 0.1) is 10.7 Å². The molecule has 1 fully saturated rings. The van der Waals surface area contributed by atoms with E-state index in [0.29, 0.717) is 31.1 Å². The standard InChI is InChI=1S/C21H25ClFN3O3/c1-13(2)18-12-19(29-25-18)21(28)26-9-7-14(8-10-26)3-6-20(27)24-15-4-5-17(23)16(22)11-15/h4-5,11-14H,3,6-10H2,1-2H3,(H,24,27). The molecule has 6 nitrogen and oxygen atoms in total. The zero-order valence-corrected chi connectivity index (χ0v) is 17.3. The molecule has 29 heavy (non-hydrogen) atoms. The van der Waals surface area contributed by atoms with E-state index >= 15 is 0 Å². The van der Waals surface area contributed by atoms with Crippen molar-refractivity contribution < 1.29 is 18.5 Å². The first kappa shape index (κ1) is 21.3. The summed E-state index contributed by atoms with van der Waals surface area (Å²) >= 11 is 5.73. The number of hydrogen-bond acceptors (Lipinski definition) is 4. The third kappa shape index (κ3) is 5.56. The van der Waals surface area contributed by atoms with E-state index < -0.39 is 5.82 Å². The predicted molar refractivity (Wildman–Crippen MR) is 108 cm³/mol. The lowest BCUT2D eigenvalue weighted by atomic mass is 9.92. The Bertz CT molecular complexity index is 876. The summed E-state index contributed by atoms with van der Waals surface area (Å²) in [7, 11) is 0. The highest BCUT2D eigenvalue weighted by molar-refractivity contribution is 6.31. The fourth-order valence-corrected chi connectivity index (χ4v) is 3.56. The number of piperidine rings is 1. The molecule has 0 spiro atoms. The number of nitrogens with zero attached hydrogens (tertiary/aromatic N) is 2. The molecule has 0 radical (unpaired) electrons. The molecular weight excluding hydrogens is 397 g/mol. The van der Waals surface area contributed by atoms with Gasteiger partial charge in [0.2, 0.25) is 11.7 Å². The highest BCUT2D eigenvalue weighted by Crippen LogP contribution is 2.25. The first-order valence-electron chi connectivity index (χ1n) is 9.84. The Morgan fingerprint density at radius 1 is 1.31 bits per heavy atom. The van der Waals surface area contributed by atoms with Crippen LogP contribution in [0.15, 0.2) is 28.8 Å². The number of likely N-dealkylation sites (tertiary alicyclic amines) is 1. The van der Waals surface area contributed by atoms with Crippen molar-refractivity contribution in [3.05, 3.63) is 46.6 Å². The molecule has 1 aliphatic heterocycles. The molecule has 1 aliphatic rings. The quantitative estimate of drug-likeness (QED) is 0.722. The Labute approximate surface area is 174 Å². The van der Waals surface area contributed by atoms with E-state index in [4.69, 9.17) is 16.1 Å². The normalized spacial score (nSPS) is 15.0. The Kier molecular flexibility index (Phi) is 6.90. The van der Waals surface area contributed by atoms with Gasteiger partial charge in [-0.25, -0.2) is 4.39 Å². The molecule has 156 valence electrons. The first-order valence-corrected chi connectivity index (χ1v) is 10.2. The minimum atomic E-state index is -0.517. The summed E-state index contributed by atoms with van der Waals surface area (Å²) in [5.74, 6) is 0.0923. The van der Waals surface area contributed by atoms with E-state index in [2.05, 4.69) is 10.5 Å². The van der Waals surface area contributed by atoms with Crippen LogP contribution in [-0.2, 0) is 4.79 Å². The summed E-state index contributed by atoms with van der Waals surface area (Å²) in [5, 5.41) is 6.66. The molecule has 1 N–H and O–H groups in total. The number of benzene rings is 1.